The summed E-state index contributed by atoms with van der Waals surface area (Å²) in [7, 11) is 2.10. The first-order valence-corrected chi connectivity index (χ1v) is 5.69. The average Bonchev–Trinajstić information content (AvgIpc) is 2.60. The fourth-order valence-electron chi connectivity index (χ4n) is 1.95. The summed E-state index contributed by atoms with van der Waals surface area (Å²) >= 11 is 0. The molecule has 0 spiro atoms. The molecule has 16 heavy (non-hydrogen) atoms. The van der Waals surface area contributed by atoms with E-state index < -0.39 is 0 Å². The van der Waals surface area contributed by atoms with Crippen LogP contribution in [0.3, 0.4) is 0 Å². The first-order valence-electron chi connectivity index (χ1n) is 5.69. The van der Waals surface area contributed by atoms with Crippen molar-refractivity contribution in [2.45, 2.75) is 26.4 Å². The molecule has 0 radical (unpaired) electrons. The van der Waals surface area contributed by atoms with Crippen LogP contribution in [0.5, 0.6) is 0 Å². The quantitative estimate of drug-likeness (QED) is 0.724. The van der Waals surface area contributed by atoms with Crippen molar-refractivity contribution in [2.24, 2.45) is 5.73 Å². The lowest BCUT2D eigenvalue weighted by Gasteiger charge is -2.07. The Bertz CT molecular complexity index is 377. The molecule has 1 aliphatic rings. The fraction of sp³-hybridized carbons (Fsp3) is 0.636. The summed E-state index contributed by atoms with van der Waals surface area (Å²) in [4.78, 5) is 11.2. The van der Waals surface area contributed by atoms with Gasteiger partial charge in [0.25, 0.3) is 0 Å². The molecule has 0 aromatic carbocycles. The number of aryl methyl sites for hydroxylation is 1. The van der Waals surface area contributed by atoms with Gasteiger partial charge in [-0.1, -0.05) is 0 Å². The van der Waals surface area contributed by atoms with Gasteiger partial charge in [-0.2, -0.15) is 0 Å². The van der Waals surface area contributed by atoms with Crippen LogP contribution < -0.4 is 11.1 Å². The van der Waals surface area contributed by atoms with Gasteiger partial charge >= 0.3 is 0 Å². The lowest BCUT2D eigenvalue weighted by Crippen LogP contribution is -2.12. The molecule has 2 rings (SSSR count). The molecule has 88 valence electrons. The van der Waals surface area contributed by atoms with Crippen LogP contribution in [0.2, 0.25) is 0 Å². The van der Waals surface area contributed by atoms with Gasteiger partial charge in [-0.3, -0.25) is 4.90 Å². The smallest absolute Gasteiger partial charge is 0.223 e. The van der Waals surface area contributed by atoms with Crippen molar-refractivity contribution in [3.05, 3.63) is 17.0 Å². The largest absolute Gasteiger partial charge is 0.354 e. The van der Waals surface area contributed by atoms with Crippen molar-refractivity contribution in [3.8, 4) is 0 Å². The van der Waals surface area contributed by atoms with E-state index in [9.17, 15) is 0 Å². The molecule has 0 saturated carbocycles. The van der Waals surface area contributed by atoms with Gasteiger partial charge < -0.3 is 11.1 Å². The summed E-state index contributed by atoms with van der Waals surface area (Å²) in [6, 6.07) is 0. The SMILES string of the molecule is Cc1nc(NCCCN)nc2c1CN(C)C2. The number of nitrogens with two attached hydrogens (primary N) is 1. The molecule has 2 heterocycles. The number of hydrogen-bond donors (Lipinski definition) is 2. The average molecular weight is 221 g/mol. The molecule has 0 atom stereocenters. The van der Waals surface area contributed by atoms with Crippen LogP contribution >= 0.6 is 0 Å². The minimum Gasteiger partial charge on any atom is -0.354 e. The standard InChI is InChI=1S/C11H19N5/c1-8-9-6-16(2)7-10(9)15-11(14-8)13-5-3-4-12/h3-7,12H2,1-2H3,(H,13,14,15). The van der Waals surface area contributed by atoms with Gasteiger partial charge in [-0.25, -0.2) is 9.97 Å². The molecule has 0 amide bonds. The van der Waals surface area contributed by atoms with Crippen LogP contribution in [-0.2, 0) is 13.1 Å². The predicted molar refractivity (Wildman–Crippen MR) is 64.1 cm³/mol. The Balaban J connectivity index is 2.12. The topological polar surface area (TPSA) is 67.1 Å². The van der Waals surface area contributed by atoms with Gasteiger partial charge in [0.1, 0.15) is 0 Å². The number of hydrogen-bond acceptors (Lipinski definition) is 5. The first-order chi connectivity index (χ1) is 7.70. The van der Waals surface area contributed by atoms with E-state index in [2.05, 4.69) is 27.2 Å². The van der Waals surface area contributed by atoms with Crippen LogP contribution in [0.4, 0.5) is 5.95 Å². The normalized spacial score (nSPS) is 15.2. The molecular formula is C11H19N5. The van der Waals surface area contributed by atoms with Crippen molar-refractivity contribution < 1.29 is 0 Å². The Hall–Kier alpha value is -1.20. The monoisotopic (exact) mass is 221 g/mol. The van der Waals surface area contributed by atoms with E-state index in [0.717, 1.165) is 43.4 Å². The highest BCUT2D eigenvalue weighted by molar-refractivity contribution is 5.36. The van der Waals surface area contributed by atoms with Crippen molar-refractivity contribution in [1.29, 1.82) is 0 Å². The Morgan fingerprint density at radius 3 is 2.94 bits per heavy atom. The molecule has 0 fully saturated rings. The van der Waals surface area contributed by atoms with E-state index in [1.54, 1.807) is 0 Å². The van der Waals surface area contributed by atoms with Crippen molar-refractivity contribution in [2.75, 3.05) is 25.5 Å². The fourth-order valence-corrected chi connectivity index (χ4v) is 1.95. The number of nitrogens with one attached hydrogen (secondary N) is 1. The van der Waals surface area contributed by atoms with Gasteiger partial charge in [0.15, 0.2) is 0 Å². The summed E-state index contributed by atoms with van der Waals surface area (Å²) in [5.41, 5.74) is 8.97. The highest BCUT2D eigenvalue weighted by Gasteiger charge is 2.20. The minimum atomic E-state index is 0.694. The first kappa shape index (κ1) is 11.3. The van der Waals surface area contributed by atoms with Gasteiger partial charge in [0, 0.05) is 30.9 Å². The summed E-state index contributed by atoms with van der Waals surface area (Å²) < 4.78 is 0. The molecule has 3 N–H and O–H groups in total. The Morgan fingerprint density at radius 2 is 2.19 bits per heavy atom. The highest BCUT2D eigenvalue weighted by atomic mass is 15.2. The Labute approximate surface area is 96.1 Å². The third-order valence-electron chi connectivity index (χ3n) is 2.81. The molecule has 5 nitrogen and oxygen atoms in total. The van der Waals surface area contributed by atoms with Gasteiger partial charge in [0.05, 0.1) is 5.69 Å². The molecular weight excluding hydrogens is 202 g/mol. The molecule has 0 aliphatic carbocycles. The zero-order valence-electron chi connectivity index (χ0n) is 9.95. The zero-order chi connectivity index (χ0) is 11.5. The third-order valence-corrected chi connectivity index (χ3v) is 2.81. The van der Waals surface area contributed by atoms with Crippen molar-refractivity contribution in [3.63, 3.8) is 0 Å². The van der Waals surface area contributed by atoms with Gasteiger partial charge in [-0.15, -0.1) is 0 Å². The molecule has 5 heteroatoms. The van der Waals surface area contributed by atoms with Crippen molar-refractivity contribution in [1.82, 2.24) is 14.9 Å². The van der Waals surface area contributed by atoms with E-state index in [1.165, 1.54) is 5.56 Å². The second-order valence-electron chi connectivity index (χ2n) is 4.30. The minimum absolute atomic E-state index is 0.694. The second-order valence-corrected chi connectivity index (χ2v) is 4.30. The van der Waals surface area contributed by atoms with E-state index in [4.69, 9.17) is 5.73 Å². The van der Waals surface area contributed by atoms with Crippen LogP contribution in [0.15, 0.2) is 0 Å². The number of fused-ring (bicyclic) bond motifs is 1. The second kappa shape index (κ2) is 4.76. The van der Waals surface area contributed by atoms with Gasteiger partial charge in [-0.05, 0) is 26.9 Å². The van der Waals surface area contributed by atoms with Crippen LogP contribution in [-0.4, -0.2) is 35.0 Å². The van der Waals surface area contributed by atoms with E-state index in [0.29, 0.717) is 6.54 Å². The number of aromatic nitrogens is 2. The lowest BCUT2D eigenvalue weighted by atomic mass is 10.2. The molecule has 1 aliphatic heterocycles. The van der Waals surface area contributed by atoms with Crippen molar-refractivity contribution >= 4 is 5.95 Å². The summed E-state index contributed by atoms with van der Waals surface area (Å²) in [5.74, 6) is 0.736. The molecule has 0 unspecified atom stereocenters. The van der Waals surface area contributed by atoms with E-state index in [-0.39, 0.29) is 0 Å². The Kier molecular flexibility index (Phi) is 3.36. The summed E-state index contributed by atoms with van der Waals surface area (Å²) in [5, 5.41) is 3.21. The summed E-state index contributed by atoms with van der Waals surface area (Å²) in [6.45, 7) is 5.46. The third kappa shape index (κ3) is 2.31. The van der Waals surface area contributed by atoms with Crippen LogP contribution in [0.25, 0.3) is 0 Å². The molecule has 1 aromatic heterocycles. The zero-order valence-corrected chi connectivity index (χ0v) is 9.95. The van der Waals surface area contributed by atoms with Crippen LogP contribution in [0.1, 0.15) is 23.4 Å². The predicted octanol–water partition coefficient (Wildman–Crippen LogP) is 0.491. The maximum Gasteiger partial charge on any atom is 0.223 e. The molecule has 0 saturated heterocycles. The van der Waals surface area contributed by atoms with E-state index >= 15 is 0 Å². The molecule has 1 aromatic rings. The van der Waals surface area contributed by atoms with Gasteiger partial charge in [0.2, 0.25) is 5.95 Å². The van der Waals surface area contributed by atoms with Crippen LogP contribution in [0, 0.1) is 6.92 Å². The molecule has 0 bridgehead atoms. The number of nitrogens with zero attached hydrogens (tertiary/aromatic N) is 3. The maximum absolute atomic E-state index is 5.44. The maximum atomic E-state index is 5.44. The highest BCUT2D eigenvalue weighted by Crippen LogP contribution is 2.22. The Morgan fingerprint density at radius 1 is 1.38 bits per heavy atom. The number of rotatable bonds is 4. The number of anilines is 1. The van der Waals surface area contributed by atoms with E-state index in [1.807, 2.05) is 6.92 Å². The lowest BCUT2D eigenvalue weighted by molar-refractivity contribution is 0.351. The summed E-state index contributed by atoms with van der Waals surface area (Å²) in [6.07, 6.45) is 0.944.